The van der Waals surface area contributed by atoms with Crippen LogP contribution in [-0.2, 0) is 16.1 Å². The summed E-state index contributed by atoms with van der Waals surface area (Å²) in [4.78, 5) is 37.5. The summed E-state index contributed by atoms with van der Waals surface area (Å²) in [5, 5.41) is 2.75. The van der Waals surface area contributed by atoms with E-state index in [0.717, 1.165) is 12.0 Å². The van der Waals surface area contributed by atoms with Gasteiger partial charge in [0.1, 0.15) is 11.6 Å². The molecule has 3 rings (SSSR count). The molecular weight excluding hydrogens is 358 g/mol. The molecule has 0 aliphatic carbocycles. The van der Waals surface area contributed by atoms with Crippen molar-refractivity contribution in [3.63, 3.8) is 0 Å². The van der Waals surface area contributed by atoms with Crippen LogP contribution in [0.5, 0.6) is 0 Å². The van der Waals surface area contributed by atoms with Crippen molar-refractivity contribution in [2.75, 3.05) is 7.11 Å². The molecule has 2 atom stereocenters. The number of nitrogens with zero attached hydrogens (tertiary/aromatic N) is 4. The second kappa shape index (κ2) is 8.60. The number of carbonyl (C=O) groups excluding carboxylic acids is 2. The number of fused-ring (bicyclic) bond motifs is 1. The molecule has 0 spiro atoms. The third-order valence-corrected chi connectivity index (χ3v) is 4.75. The van der Waals surface area contributed by atoms with Crippen LogP contribution in [0.25, 0.3) is 11.2 Å². The Hall–Kier alpha value is -3.29. The molecule has 8 nitrogen and oxygen atoms in total. The Morgan fingerprint density at radius 1 is 1.29 bits per heavy atom. The largest absolute Gasteiger partial charge is 0.467 e. The molecule has 0 unspecified atom stereocenters. The molecule has 8 heteroatoms. The number of rotatable bonds is 7. The fraction of sp³-hybridized carbons (Fsp3) is 0.350. The smallest absolute Gasteiger partial charge is 0.328 e. The third-order valence-electron chi connectivity index (χ3n) is 4.75. The average Bonchev–Trinajstić information content (AvgIpc) is 3.13. The van der Waals surface area contributed by atoms with E-state index in [0.29, 0.717) is 23.3 Å². The van der Waals surface area contributed by atoms with Crippen LogP contribution in [0, 0.1) is 5.92 Å². The minimum absolute atomic E-state index is 0.0493. The van der Waals surface area contributed by atoms with Crippen molar-refractivity contribution in [2.24, 2.45) is 5.92 Å². The molecule has 0 fully saturated rings. The fourth-order valence-electron chi connectivity index (χ4n) is 2.90. The van der Waals surface area contributed by atoms with Crippen LogP contribution >= 0.6 is 0 Å². The molecule has 146 valence electrons. The molecule has 0 saturated heterocycles. The summed E-state index contributed by atoms with van der Waals surface area (Å²) in [7, 11) is 1.31. The molecule has 1 amide bonds. The van der Waals surface area contributed by atoms with Gasteiger partial charge in [0.2, 0.25) is 0 Å². The molecule has 0 aliphatic rings. The maximum absolute atomic E-state index is 12.6. The van der Waals surface area contributed by atoms with Crippen molar-refractivity contribution in [2.45, 2.75) is 32.9 Å². The van der Waals surface area contributed by atoms with Gasteiger partial charge in [-0.1, -0.05) is 26.3 Å². The van der Waals surface area contributed by atoms with Crippen molar-refractivity contribution in [1.82, 2.24) is 24.8 Å². The normalized spacial score (nSPS) is 13.1. The van der Waals surface area contributed by atoms with Crippen LogP contribution < -0.4 is 5.32 Å². The number of imidazole rings is 1. The van der Waals surface area contributed by atoms with Crippen molar-refractivity contribution < 1.29 is 14.3 Å². The number of hydrogen-bond donors (Lipinski definition) is 1. The molecular formula is C20H23N5O3. The first-order valence-electron chi connectivity index (χ1n) is 9.12. The highest BCUT2D eigenvalue weighted by molar-refractivity contribution is 5.98. The number of esters is 1. The van der Waals surface area contributed by atoms with Gasteiger partial charge in [0.05, 0.1) is 25.5 Å². The summed E-state index contributed by atoms with van der Waals surface area (Å²) in [5.41, 5.74) is 2.65. The number of hydrogen-bond acceptors (Lipinski definition) is 6. The molecule has 1 N–H and O–H groups in total. The minimum atomic E-state index is -0.707. The van der Waals surface area contributed by atoms with E-state index in [-0.39, 0.29) is 11.8 Å². The second-order valence-electron chi connectivity index (χ2n) is 6.66. The quantitative estimate of drug-likeness (QED) is 0.630. The molecule has 3 heterocycles. The van der Waals surface area contributed by atoms with Crippen molar-refractivity contribution in [3.05, 3.63) is 54.2 Å². The molecule has 3 aromatic heterocycles. The molecule has 0 radical (unpaired) electrons. The minimum Gasteiger partial charge on any atom is -0.467 e. The highest BCUT2D eigenvalue weighted by Gasteiger charge is 2.27. The predicted molar refractivity (Wildman–Crippen MR) is 104 cm³/mol. The van der Waals surface area contributed by atoms with Crippen molar-refractivity contribution in [1.29, 1.82) is 0 Å². The van der Waals surface area contributed by atoms with Gasteiger partial charge < -0.3 is 14.6 Å². The van der Waals surface area contributed by atoms with Crippen LogP contribution in [0.3, 0.4) is 0 Å². The van der Waals surface area contributed by atoms with E-state index in [1.807, 2.05) is 30.5 Å². The first-order chi connectivity index (χ1) is 13.5. The SMILES string of the molecule is CC[C@H](C)[C@H](NC(=O)c1cnc2c(c1)ncn2Cc1cccnc1)C(=O)OC. The Balaban J connectivity index is 1.80. The Labute approximate surface area is 163 Å². The zero-order valence-corrected chi connectivity index (χ0v) is 16.1. The first-order valence-corrected chi connectivity index (χ1v) is 9.12. The summed E-state index contributed by atoms with van der Waals surface area (Å²) in [6.45, 7) is 4.43. The van der Waals surface area contributed by atoms with Crippen LogP contribution in [0.4, 0.5) is 0 Å². The lowest BCUT2D eigenvalue weighted by molar-refractivity contribution is -0.144. The van der Waals surface area contributed by atoms with Gasteiger partial charge in [-0.2, -0.15) is 0 Å². The van der Waals surface area contributed by atoms with Gasteiger partial charge in [-0.25, -0.2) is 14.8 Å². The summed E-state index contributed by atoms with van der Waals surface area (Å²) in [6, 6.07) is 4.81. The summed E-state index contributed by atoms with van der Waals surface area (Å²) >= 11 is 0. The second-order valence-corrected chi connectivity index (χ2v) is 6.66. The molecule has 0 saturated carbocycles. The number of carbonyl (C=O) groups is 2. The Morgan fingerprint density at radius 2 is 2.11 bits per heavy atom. The van der Waals surface area contributed by atoms with E-state index in [1.54, 1.807) is 24.8 Å². The highest BCUT2D eigenvalue weighted by atomic mass is 16.5. The van der Waals surface area contributed by atoms with Gasteiger partial charge in [0.15, 0.2) is 5.65 Å². The lowest BCUT2D eigenvalue weighted by Gasteiger charge is -2.21. The monoisotopic (exact) mass is 381 g/mol. The summed E-state index contributed by atoms with van der Waals surface area (Å²) in [6.07, 6.45) is 7.41. The summed E-state index contributed by atoms with van der Waals surface area (Å²) < 4.78 is 6.71. The Kier molecular flexibility index (Phi) is 5.98. The van der Waals surface area contributed by atoms with Gasteiger partial charge in [-0.15, -0.1) is 0 Å². The topological polar surface area (TPSA) is 99.0 Å². The maximum atomic E-state index is 12.6. The molecule has 3 aromatic rings. The van der Waals surface area contributed by atoms with Gasteiger partial charge in [-0.3, -0.25) is 9.78 Å². The highest BCUT2D eigenvalue weighted by Crippen LogP contribution is 2.15. The number of methoxy groups -OCH3 is 1. The Bertz CT molecular complexity index is 970. The maximum Gasteiger partial charge on any atom is 0.328 e. The van der Waals surface area contributed by atoms with Gasteiger partial charge >= 0.3 is 5.97 Å². The lowest BCUT2D eigenvalue weighted by atomic mass is 9.99. The molecule has 0 aliphatic heterocycles. The van der Waals surface area contributed by atoms with Crippen LogP contribution in [0.1, 0.15) is 36.2 Å². The number of pyridine rings is 2. The van der Waals surface area contributed by atoms with Crippen LogP contribution in [-0.4, -0.2) is 44.5 Å². The fourth-order valence-corrected chi connectivity index (χ4v) is 2.90. The van der Waals surface area contributed by atoms with Crippen LogP contribution in [0.2, 0.25) is 0 Å². The van der Waals surface area contributed by atoms with E-state index >= 15 is 0 Å². The number of aromatic nitrogens is 4. The summed E-state index contributed by atoms with van der Waals surface area (Å²) in [5.74, 6) is -0.892. The number of nitrogens with one attached hydrogen (secondary N) is 1. The van der Waals surface area contributed by atoms with Crippen LogP contribution in [0.15, 0.2) is 43.1 Å². The zero-order chi connectivity index (χ0) is 20.1. The average molecular weight is 381 g/mol. The predicted octanol–water partition coefficient (Wildman–Crippen LogP) is 2.19. The van der Waals surface area contributed by atoms with Gasteiger partial charge in [0.25, 0.3) is 5.91 Å². The molecule has 0 bridgehead atoms. The van der Waals surface area contributed by atoms with E-state index in [1.165, 1.54) is 13.3 Å². The van der Waals surface area contributed by atoms with E-state index in [9.17, 15) is 9.59 Å². The van der Waals surface area contributed by atoms with E-state index < -0.39 is 12.0 Å². The zero-order valence-electron chi connectivity index (χ0n) is 16.1. The molecule has 0 aromatic carbocycles. The van der Waals surface area contributed by atoms with Crippen molar-refractivity contribution in [3.8, 4) is 0 Å². The Morgan fingerprint density at radius 3 is 2.79 bits per heavy atom. The number of ether oxygens (including phenoxy) is 1. The standard InChI is InChI=1S/C20H23N5O3/c1-4-13(2)17(20(27)28-3)24-19(26)15-8-16-18(22-10-15)25(12-23-16)11-14-6-5-7-21-9-14/h5-10,12-13,17H,4,11H2,1-3H3,(H,24,26)/t13-,17-/m0/s1. The number of amides is 1. The molecule has 28 heavy (non-hydrogen) atoms. The third kappa shape index (κ3) is 4.16. The first kappa shape index (κ1) is 19.5. The van der Waals surface area contributed by atoms with Gasteiger partial charge in [0, 0.05) is 18.6 Å². The van der Waals surface area contributed by atoms with E-state index in [4.69, 9.17) is 4.74 Å². The lowest BCUT2D eigenvalue weighted by Crippen LogP contribution is -2.45. The van der Waals surface area contributed by atoms with Gasteiger partial charge in [-0.05, 0) is 23.6 Å². The van der Waals surface area contributed by atoms with E-state index in [2.05, 4.69) is 20.3 Å². The van der Waals surface area contributed by atoms with Crippen molar-refractivity contribution >= 4 is 23.0 Å².